The summed E-state index contributed by atoms with van der Waals surface area (Å²) < 4.78 is 5.11. The average molecular weight is 294 g/mol. The zero-order chi connectivity index (χ0) is 13.9. The van der Waals surface area contributed by atoms with E-state index in [-0.39, 0.29) is 17.3 Å². The zero-order valence-electron chi connectivity index (χ0n) is 10.7. The Balaban J connectivity index is 1.69. The maximum Gasteiger partial charge on any atom is 0.356 e. The van der Waals surface area contributed by atoms with Gasteiger partial charge in [-0.2, -0.15) is 16.7 Å². The largest absolute Gasteiger partial charge is 0.476 e. The minimum Gasteiger partial charge on any atom is -0.476 e. The van der Waals surface area contributed by atoms with E-state index in [1.165, 1.54) is 32.0 Å². The third-order valence-corrected chi connectivity index (χ3v) is 4.64. The van der Waals surface area contributed by atoms with Gasteiger partial charge in [-0.25, -0.2) is 9.78 Å². The van der Waals surface area contributed by atoms with Gasteiger partial charge in [-0.1, -0.05) is 18.0 Å². The third kappa shape index (κ3) is 2.69. The molecule has 1 aliphatic rings. The highest BCUT2D eigenvalue weighted by atomic mass is 32.2. The van der Waals surface area contributed by atoms with E-state index in [9.17, 15) is 4.79 Å². The molecule has 1 aliphatic carbocycles. The summed E-state index contributed by atoms with van der Waals surface area (Å²) in [5.74, 6) is 0.316. The van der Waals surface area contributed by atoms with Crippen LogP contribution in [0.1, 0.15) is 42.0 Å². The van der Waals surface area contributed by atoms with Gasteiger partial charge in [0, 0.05) is 5.25 Å². The number of carboxylic acids is 1. The molecule has 0 aliphatic heterocycles. The average Bonchev–Trinajstić information content (AvgIpc) is 3.17. The molecule has 0 bridgehead atoms. The number of hydrogen-bond donors (Lipinski definition) is 2. The van der Waals surface area contributed by atoms with Crippen molar-refractivity contribution in [3.8, 4) is 11.6 Å². The number of nitrogens with zero attached hydrogens (tertiary/aromatic N) is 3. The monoisotopic (exact) mass is 294 g/mol. The number of aromatic carboxylic acids is 1. The van der Waals surface area contributed by atoms with E-state index in [4.69, 9.17) is 9.63 Å². The summed E-state index contributed by atoms with van der Waals surface area (Å²) in [6.07, 6.45) is 6.39. The molecule has 20 heavy (non-hydrogen) atoms. The summed E-state index contributed by atoms with van der Waals surface area (Å²) in [6, 6.07) is 0. The van der Waals surface area contributed by atoms with Crippen LogP contribution in [0.5, 0.6) is 0 Å². The van der Waals surface area contributed by atoms with Gasteiger partial charge in [0.1, 0.15) is 5.69 Å². The molecule has 1 fully saturated rings. The first-order valence-electron chi connectivity index (χ1n) is 6.45. The van der Waals surface area contributed by atoms with Crippen LogP contribution in [0.4, 0.5) is 0 Å². The van der Waals surface area contributed by atoms with Crippen molar-refractivity contribution >= 4 is 17.7 Å². The topological polar surface area (TPSA) is 105 Å². The number of hydrogen-bond acceptors (Lipinski definition) is 6. The van der Waals surface area contributed by atoms with E-state index in [0.29, 0.717) is 16.8 Å². The van der Waals surface area contributed by atoms with Crippen molar-refractivity contribution in [3.63, 3.8) is 0 Å². The lowest BCUT2D eigenvalue weighted by Crippen LogP contribution is -1.99. The van der Waals surface area contributed by atoms with Crippen LogP contribution >= 0.6 is 11.8 Å². The van der Waals surface area contributed by atoms with Crippen molar-refractivity contribution in [1.82, 2.24) is 20.1 Å². The summed E-state index contributed by atoms with van der Waals surface area (Å²) in [6.45, 7) is 0. The smallest absolute Gasteiger partial charge is 0.356 e. The summed E-state index contributed by atoms with van der Waals surface area (Å²) in [4.78, 5) is 21.7. The summed E-state index contributed by atoms with van der Waals surface area (Å²) in [7, 11) is 0. The van der Waals surface area contributed by atoms with Gasteiger partial charge in [0.2, 0.25) is 0 Å². The molecular weight excluding hydrogens is 280 g/mol. The summed E-state index contributed by atoms with van der Waals surface area (Å²) in [5.41, 5.74) is 0.144. The number of imidazole rings is 1. The lowest BCUT2D eigenvalue weighted by Gasteiger charge is -2.04. The van der Waals surface area contributed by atoms with Crippen LogP contribution in [0.15, 0.2) is 10.9 Å². The molecule has 0 amide bonds. The van der Waals surface area contributed by atoms with Crippen molar-refractivity contribution < 1.29 is 14.4 Å². The maximum atomic E-state index is 11.0. The highest BCUT2D eigenvalue weighted by Gasteiger charge is 2.21. The van der Waals surface area contributed by atoms with Gasteiger partial charge in [-0.15, -0.1) is 0 Å². The molecule has 2 heterocycles. The molecule has 0 atom stereocenters. The molecule has 7 nitrogen and oxygen atoms in total. The van der Waals surface area contributed by atoms with Crippen LogP contribution in [-0.2, 0) is 5.75 Å². The van der Waals surface area contributed by atoms with Gasteiger partial charge in [0.05, 0.1) is 12.1 Å². The fraction of sp³-hybridized carbons (Fsp3) is 0.500. The van der Waals surface area contributed by atoms with Gasteiger partial charge in [-0.3, -0.25) is 0 Å². The van der Waals surface area contributed by atoms with Crippen molar-refractivity contribution in [2.75, 3.05) is 0 Å². The van der Waals surface area contributed by atoms with Crippen LogP contribution in [0.3, 0.4) is 0 Å². The number of nitrogens with one attached hydrogen (secondary N) is 1. The molecule has 2 N–H and O–H groups in total. The van der Waals surface area contributed by atoms with Crippen LogP contribution in [-0.4, -0.2) is 36.4 Å². The molecular formula is C12H14N4O3S. The second kappa shape index (κ2) is 5.66. The zero-order valence-corrected chi connectivity index (χ0v) is 11.5. The predicted octanol–water partition coefficient (Wildman–Crippen LogP) is 2.33. The van der Waals surface area contributed by atoms with E-state index in [0.717, 1.165) is 0 Å². The quantitative estimate of drug-likeness (QED) is 0.871. The molecule has 2 aromatic heterocycles. The van der Waals surface area contributed by atoms with E-state index >= 15 is 0 Å². The minimum absolute atomic E-state index is 0.108. The lowest BCUT2D eigenvalue weighted by atomic mass is 10.3. The Hall–Kier alpha value is -1.83. The standard InChI is InChI=1S/C12H14N4O3S/c17-12(18)10-9(13-6-14-10)11-15-8(16-19-11)5-20-7-3-1-2-4-7/h6-7H,1-5H2,(H,13,14)(H,17,18). The molecule has 0 radical (unpaired) electrons. The van der Waals surface area contributed by atoms with Gasteiger partial charge >= 0.3 is 5.97 Å². The highest BCUT2D eigenvalue weighted by molar-refractivity contribution is 7.99. The predicted molar refractivity (Wildman–Crippen MR) is 72.4 cm³/mol. The molecule has 106 valence electrons. The number of carboxylic acid groups (broad SMARTS) is 1. The van der Waals surface area contributed by atoms with Gasteiger partial charge < -0.3 is 14.6 Å². The number of H-pyrrole nitrogens is 1. The Morgan fingerprint density at radius 3 is 3.05 bits per heavy atom. The Morgan fingerprint density at radius 1 is 1.50 bits per heavy atom. The first-order chi connectivity index (χ1) is 9.74. The molecule has 0 unspecified atom stereocenters. The number of rotatable bonds is 5. The Kier molecular flexibility index (Phi) is 3.72. The summed E-state index contributed by atoms with van der Waals surface area (Å²) in [5, 5.41) is 13.6. The Bertz CT molecular complexity index is 603. The third-order valence-electron chi connectivity index (χ3n) is 3.27. The van der Waals surface area contributed by atoms with Crippen molar-refractivity contribution in [2.24, 2.45) is 0 Å². The van der Waals surface area contributed by atoms with Crippen molar-refractivity contribution in [1.29, 1.82) is 0 Å². The molecule has 0 spiro atoms. The molecule has 2 aromatic rings. The number of thioether (sulfide) groups is 1. The van der Waals surface area contributed by atoms with E-state index in [1.54, 1.807) is 0 Å². The van der Waals surface area contributed by atoms with Gasteiger partial charge in [-0.05, 0) is 12.8 Å². The molecule has 0 aromatic carbocycles. The van der Waals surface area contributed by atoms with E-state index in [1.807, 2.05) is 11.8 Å². The highest BCUT2D eigenvalue weighted by Crippen LogP contribution is 2.31. The lowest BCUT2D eigenvalue weighted by molar-refractivity contribution is 0.0691. The Morgan fingerprint density at radius 2 is 2.30 bits per heavy atom. The SMILES string of the molecule is O=C(O)c1nc[nH]c1-c1nc(CSC2CCCC2)no1. The maximum absolute atomic E-state index is 11.0. The number of aromatic amines is 1. The normalized spacial score (nSPS) is 15.8. The van der Waals surface area contributed by atoms with Crippen LogP contribution in [0.2, 0.25) is 0 Å². The van der Waals surface area contributed by atoms with Crippen LogP contribution in [0.25, 0.3) is 11.6 Å². The van der Waals surface area contributed by atoms with Gasteiger partial charge in [0.15, 0.2) is 11.5 Å². The molecule has 0 saturated heterocycles. The fourth-order valence-electron chi connectivity index (χ4n) is 2.28. The first kappa shape index (κ1) is 13.2. The van der Waals surface area contributed by atoms with E-state index in [2.05, 4.69) is 20.1 Å². The first-order valence-corrected chi connectivity index (χ1v) is 7.50. The summed E-state index contributed by atoms with van der Waals surface area (Å²) >= 11 is 1.83. The van der Waals surface area contributed by atoms with Crippen LogP contribution < -0.4 is 0 Å². The molecule has 8 heteroatoms. The second-order valence-corrected chi connectivity index (χ2v) is 5.95. The fourth-order valence-corrected chi connectivity index (χ4v) is 3.45. The second-order valence-electron chi connectivity index (χ2n) is 4.66. The minimum atomic E-state index is -1.12. The molecule has 3 rings (SSSR count). The van der Waals surface area contributed by atoms with E-state index < -0.39 is 5.97 Å². The van der Waals surface area contributed by atoms with Gasteiger partial charge in [0.25, 0.3) is 5.89 Å². The van der Waals surface area contributed by atoms with Crippen LogP contribution in [0, 0.1) is 0 Å². The molecule has 1 saturated carbocycles. The van der Waals surface area contributed by atoms with Crippen molar-refractivity contribution in [3.05, 3.63) is 17.8 Å². The van der Waals surface area contributed by atoms with Crippen molar-refractivity contribution in [2.45, 2.75) is 36.7 Å². The Labute approximate surface area is 119 Å². The number of aromatic nitrogens is 4. The number of carbonyl (C=O) groups is 1.